The molecule has 0 aliphatic rings. The molecule has 0 fully saturated rings. The van der Waals surface area contributed by atoms with Crippen molar-refractivity contribution in [1.82, 2.24) is 15.2 Å². The van der Waals surface area contributed by atoms with E-state index in [0.717, 1.165) is 16.9 Å². The van der Waals surface area contributed by atoms with Crippen molar-refractivity contribution in [3.05, 3.63) is 65.3 Å². The third-order valence-electron chi connectivity index (χ3n) is 3.04. The van der Waals surface area contributed by atoms with Crippen molar-refractivity contribution in [2.75, 3.05) is 10.6 Å². The van der Waals surface area contributed by atoms with Gasteiger partial charge in [0.25, 0.3) is 0 Å². The van der Waals surface area contributed by atoms with Gasteiger partial charge < -0.3 is 10.6 Å². The van der Waals surface area contributed by atoms with Crippen molar-refractivity contribution in [2.24, 2.45) is 0 Å². The monoisotopic (exact) mass is 311 g/mol. The van der Waals surface area contributed by atoms with E-state index in [-0.39, 0.29) is 0 Å². The SMILES string of the molecule is Cc1cc(Cl)ccc1Nc1cnnc(Nc2ccccc2)n1. The van der Waals surface area contributed by atoms with E-state index in [9.17, 15) is 0 Å². The number of hydrogen-bond donors (Lipinski definition) is 2. The fourth-order valence-electron chi connectivity index (χ4n) is 1.97. The molecule has 22 heavy (non-hydrogen) atoms. The molecule has 0 saturated heterocycles. The molecule has 0 spiro atoms. The van der Waals surface area contributed by atoms with Gasteiger partial charge in [-0.15, -0.1) is 5.10 Å². The third-order valence-corrected chi connectivity index (χ3v) is 3.28. The van der Waals surface area contributed by atoms with Gasteiger partial charge in [0, 0.05) is 16.4 Å². The fourth-order valence-corrected chi connectivity index (χ4v) is 2.20. The van der Waals surface area contributed by atoms with E-state index in [4.69, 9.17) is 11.6 Å². The number of anilines is 4. The second kappa shape index (κ2) is 6.41. The number of para-hydroxylation sites is 1. The minimum absolute atomic E-state index is 0.433. The Hall–Kier alpha value is -2.66. The smallest absolute Gasteiger partial charge is 0.249 e. The zero-order valence-corrected chi connectivity index (χ0v) is 12.7. The second-order valence-electron chi connectivity index (χ2n) is 4.74. The zero-order valence-electron chi connectivity index (χ0n) is 11.9. The topological polar surface area (TPSA) is 62.7 Å². The molecule has 0 aliphatic carbocycles. The normalized spacial score (nSPS) is 10.3. The molecule has 110 valence electrons. The minimum Gasteiger partial charge on any atom is -0.339 e. The van der Waals surface area contributed by atoms with Gasteiger partial charge in [0.15, 0.2) is 5.82 Å². The number of benzene rings is 2. The summed E-state index contributed by atoms with van der Waals surface area (Å²) in [6.07, 6.45) is 1.57. The Morgan fingerprint density at radius 3 is 2.59 bits per heavy atom. The first-order valence-electron chi connectivity index (χ1n) is 6.76. The number of halogens is 1. The van der Waals surface area contributed by atoms with Crippen molar-refractivity contribution in [1.29, 1.82) is 0 Å². The van der Waals surface area contributed by atoms with E-state index in [2.05, 4.69) is 25.8 Å². The van der Waals surface area contributed by atoms with Crippen LogP contribution in [0.5, 0.6) is 0 Å². The Morgan fingerprint density at radius 2 is 1.82 bits per heavy atom. The summed E-state index contributed by atoms with van der Waals surface area (Å²) in [5.41, 5.74) is 2.86. The van der Waals surface area contributed by atoms with Crippen LogP contribution in [-0.2, 0) is 0 Å². The van der Waals surface area contributed by atoms with Crippen LogP contribution in [-0.4, -0.2) is 15.2 Å². The first-order chi connectivity index (χ1) is 10.7. The molecule has 0 unspecified atom stereocenters. The summed E-state index contributed by atoms with van der Waals surface area (Å²) in [5, 5.41) is 15.0. The van der Waals surface area contributed by atoms with Gasteiger partial charge in [-0.2, -0.15) is 10.1 Å². The van der Waals surface area contributed by atoms with E-state index in [1.165, 1.54) is 0 Å². The maximum absolute atomic E-state index is 5.96. The van der Waals surface area contributed by atoms with Crippen LogP contribution in [0.25, 0.3) is 0 Å². The van der Waals surface area contributed by atoms with Gasteiger partial charge in [-0.1, -0.05) is 29.8 Å². The molecular weight excluding hydrogens is 298 g/mol. The van der Waals surface area contributed by atoms with Crippen LogP contribution in [0, 0.1) is 6.92 Å². The Morgan fingerprint density at radius 1 is 1.00 bits per heavy atom. The molecule has 2 aromatic carbocycles. The lowest BCUT2D eigenvalue weighted by atomic mass is 10.2. The largest absolute Gasteiger partial charge is 0.339 e. The van der Waals surface area contributed by atoms with Gasteiger partial charge in [-0.3, -0.25) is 0 Å². The second-order valence-corrected chi connectivity index (χ2v) is 5.18. The van der Waals surface area contributed by atoms with Gasteiger partial charge in [-0.25, -0.2) is 0 Å². The Kier molecular flexibility index (Phi) is 4.16. The van der Waals surface area contributed by atoms with Crippen molar-refractivity contribution in [3.63, 3.8) is 0 Å². The molecule has 0 aliphatic heterocycles. The number of aryl methyl sites for hydroxylation is 1. The van der Waals surface area contributed by atoms with Crippen molar-refractivity contribution in [3.8, 4) is 0 Å². The highest BCUT2D eigenvalue weighted by Gasteiger charge is 2.04. The third kappa shape index (κ3) is 3.51. The minimum atomic E-state index is 0.433. The zero-order chi connectivity index (χ0) is 15.4. The van der Waals surface area contributed by atoms with E-state index in [1.807, 2.05) is 55.5 Å². The molecule has 3 rings (SSSR count). The predicted octanol–water partition coefficient (Wildman–Crippen LogP) is 4.32. The molecule has 5 nitrogen and oxygen atoms in total. The molecule has 6 heteroatoms. The summed E-state index contributed by atoms with van der Waals surface area (Å²) in [7, 11) is 0. The first kappa shape index (κ1) is 14.3. The van der Waals surface area contributed by atoms with E-state index in [0.29, 0.717) is 16.8 Å². The molecule has 1 heterocycles. The van der Waals surface area contributed by atoms with Crippen molar-refractivity contribution >= 4 is 34.7 Å². The van der Waals surface area contributed by atoms with Crippen LogP contribution in [0.1, 0.15) is 5.56 Å². The molecule has 2 N–H and O–H groups in total. The number of nitrogens with one attached hydrogen (secondary N) is 2. The van der Waals surface area contributed by atoms with Crippen LogP contribution >= 0.6 is 11.6 Å². The number of nitrogens with zero attached hydrogens (tertiary/aromatic N) is 3. The molecule has 0 saturated carbocycles. The fraction of sp³-hybridized carbons (Fsp3) is 0.0625. The van der Waals surface area contributed by atoms with Crippen LogP contribution in [0.4, 0.5) is 23.1 Å². The number of hydrogen-bond acceptors (Lipinski definition) is 5. The van der Waals surface area contributed by atoms with Crippen molar-refractivity contribution < 1.29 is 0 Å². The highest BCUT2D eigenvalue weighted by Crippen LogP contribution is 2.23. The highest BCUT2D eigenvalue weighted by atomic mass is 35.5. The lowest BCUT2D eigenvalue weighted by Crippen LogP contribution is -2.02. The maximum atomic E-state index is 5.96. The van der Waals surface area contributed by atoms with Crippen molar-refractivity contribution in [2.45, 2.75) is 6.92 Å². The summed E-state index contributed by atoms with van der Waals surface area (Å²) in [6.45, 7) is 1.98. The Bertz CT molecular complexity index is 776. The number of rotatable bonds is 4. The standard InChI is InChI=1S/C16H14ClN5/c1-11-9-12(17)7-8-14(11)20-15-10-18-22-16(21-15)19-13-5-3-2-4-6-13/h2-10H,1H3,(H2,19,20,21,22). The van der Waals surface area contributed by atoms with E-state index < -0.39 is 0 Å². The quantitative estimate of drug-likeness (QED) is 0.751. The average Bonchev–Trinajstić information content (AvgIpc) is 2.52. The summed E-state index contributed by atoms with van der Waals surface area (Å²) in [6, 6.07) is 15.3. The summed E-state index contributed by atoms with van der Waals surface area (Å²) < 4.78 is 0. The van der Waals surface area contributed by atoms with Crippen LogP contribution in [0.2, 0.25) is 5.02 Å². The highest BCUT2D eigenvalue weighted by molar-refractivity contribution is 6.30. The van der Waals surface area contributed by atoms with Gasteiger partial charge >= 0.3 is 0 Å². The molecule has 0 bridgehead atoms. The molecule has 0 atom stereocenters. The van der Waals surface area contributed by atoms with Crippen LogP contribution in [0.15, 0.2) is 54.7 Å². The van der Waals surface area contributed by atoms with E-state index >= 15 is 0 Å². The molecular formula is C16H14ClN5. The van der Waals surface area contributed by atoms with E-state index in [1.54, 1.807) is 6.20 Å². The Balaban J connectivity index is 1.79. The van der Waals surface area contributed by atoms with Crippen LogP contribution in [0.3, 0.4) is 0 Å². The summed E-state index contributed by atoms with van der Waals surface area (Å²) >= 11 is 5.96. The molecule has 3 aromatic rings. The molecule has 1 aromatic heterocycles. The lowest BCUT2D eigenvalue weighted by molar-refractivity contribution is 0.982. The summed E-state index contributed by atoms with van der Waals surface area (Å²) in [4.78, 5) is 4.40. The van der Waals surface area contributed by atoms with Gasteiger partial charge in [0.1, 0.15) is 0 Å². The first-order valence-corrected chi connectivity index (χ1v) is 7.13. The summed E-state index contributed by atoms with van der Waals surface area (Å²) in [5.74, 6) is 1.04. The number of aromatic nitrogens is 3. The predicted molar refractivity (Wildman–Crippen MR) is 89.0 cm³/mol. The molecule has 0 amide bonds. The van der Waals surface area contributed by atoms with Gasteiger partial charge in [0.05, 0.1) is 6.20 Å². The maximum Gasteiger partial charge on any atom is 0.249 e. The van der Waals surface area contributed by atoms with Crippen LogP contribution < -0.4 is 10.6 Å². The average molecular weight is 312 g/mol. The van der Waals surface area contributed by atoms with Gasteiger partial charge in [0.2, 0.25) is 5.95 Å². The molecule has 0 radical (unpaired) electrons. The van der Waals surface area contributed by atoms with Gasteiger partial charge in [-0.05, 0) is 42.8 Å². The Labute approximate surface area is 133 Å². The lowest BCUT2D eigenvalue weighted by Gasteiger charge is -2.10.